The Morgan fingerprint density at radius 2 is 1.90 bits per heavy atom. The first-order valence-electron chi connectivity index (χ1n) is 6.62. The van der Waals surface area contributed by atoms with Gasteiger partial charge in [0.1, 0.15) is 5.75 Å². The Bertz CT molecular complexity index is 525. The van der Waals surface area contributed by atoms with E-state index in [4.69, 9.17) is 14.2 Å². The summed E-state index contributed by atoms with van der Waals surface area (Å²) in [5.74, 6) is 0.879. The van der Waals surface area contributed by atoms with E-state index in [1.165, 1.54) is 7.11 Å². The molecule has 1 atom stereocenters. The van der Waals surface area contributed by atoms with Gasteiger partial charge in [-0.3, -0.25) is 0 Å². The Hall–Kier alpha value is -1.49. The number of hydrogen-bond donors (Lipinski definition) is 0. The summed E-state index contributed by atoms with van der Waals surface area (Å²) >= 11 is 3.47. The highest BCUT2D eigenvalue weighted by Gasteiger charge is 2.22. The number of carbonyl (C=O) groups excluding carboxylic acids is 1. The number of esters is 1. The van der Waals surface area contributed by atoms with E-state index in [1.807, 2.05) is 26.0 Å². The lowest BCUT2D eigenvalue weighted by Crippen LogP contribution is -2.29. The number of aryl methyl sites for hydroxylation is 2. The van der Waals surface area contributed by atoms with E-state index in [9.17, 15) is 4.79 Å². The fourth-order valence-corrected chi connectivity index (χ4v) is 2.24. The Balaban J connectivity index is 2.88. The second-order valence-corrected chi connectivity index (χ2v) is 5.63. The van der Waals surface area contributed by atoms with Crippen LogP contribution in [0.25, 0.3) is 0 Å². The molecule has 0 saturated carbocycles. The quantitative estimate of drug-likeness (QED) is 0.548. The van der Waals surface area contributed by atoms with Gasteiger partial charge in [-0.05, 0) is 37.1 Å². The van der Waals surface area contributed by atoms with Crippen molar-refractivity contribution >= 4 is 21.9 Å². The molecule has 0 fully saturated rings. The number of rotatable bonds is 7. The highest BCUT2D eigenvalue weighted by atomic mass is 79.9. The van der Waals surface area contributed by atoms with Crippen molar-refractivity contribution in [3.8, 4) is 5.75 Å². The molecule has 0 radical (unpaired) electrons. The summed E-state index contributed by atoms with van der Waals surface area (Å²) in [7, 11) is 2.90. The van der Waals surface area contributed by atoms with Crippen LogP contribution in [0, 0.1) is 13.8 Å². The normalized spacial score (nSPS) is 11.7. The summed E-state index contributed by atoms with van der Waals surface area (Å²) in [5.41, 5.74) is 1.99. The molecule has 1 rings (SSSR count). The largest absolute Gasteiger partial charge is 0.502 e. The van der Waals surface area contributed by atoms with Crippen LogP contribution in [0.5, 0.6) is 5.75 Å². The van der Waals surface area contributed by atoms with Crippen molar-refractivity contribution < 1.29 is 19.0 Å². The summed E-state index contributed by atoms with van der Waals surface area (Å²) < 4.78 is 16.7. The topological polar surface area (TPSA) is 44.8 Å². The van der Waals surface area contributed by atoms with E-state index in [1.54, 1.807) is 7.11 Å². The van der Waals surface area contributed by atoms with E-state index in [2.05, 4.69) is 22.5 Å². The molecule has 0 amide bonds. The first-order valence-corrected chi connectivity index (χ1v) is 7.41. The molecule has 1 aromatic carbocycles. The molecular weight excluding hydrogens is 336 g/mol. The van der Waals surface area contributed by atoms with Gasteiger partial charge < -0.3 is 14.2 Å². The molecule has 0 aliphatic carbocycles. The van der Waals surface area contributed by atoms with Crippen molar-refractivity contribution in [1.29, 1.82) is 0 Å². The monoisotopic (exact) mass is 356 g/mol. The molecule has 0 bridgehead atoms. The number of halogens is 1. The zero-order chi connectivity index (χ0) is 16.0. The number of benzene rings is 1. The summed E-state index contributed by atoms with van der Waals surface area (Å²) in [5, 5.41) is 0. The summed E-state index contributed by atoms with van der Waals surface area (Å²) in [6.07, 6.45) is 0.305. The summed E-state index contributed by atoms with van der Waals surface area (Å²) in [4.78, 5) is 11.9. The lowest BCUT2D eigenvalue weighted by molar-refractivity contribution is -0.149. The van der Waals surface area contributed by atoms with E-state index in [0.29, 0.717) is 24.4 Å². The van der Waals surface area contributed by atoms with Gasteiger partial charge in [0.15, 0.2) is 6.10 Å². The maximum Gasteiger partial charge on any atom is 0.347 e. The molecule has 116 valence electrons. The molecule has 0 N–H and O–H groups in total. The average Bonchev–Trinajstić information content (AvgIpc) is 2.47. The number of allylic oxidation sites excluding steroid dienone is 1. The fourth-order valence-electron chi connectivity index (χ4n) is 1.79. The van der Waals surface area contributed by atoms with Gasteiger partial charge in [0, 0.05) is 17.3 Å². The number of carbonyl (C=O) groups is 1. The molecule has 0 aliphatic rings. The predicted molar refractivity (Wildman–Crippen MR) is 85.4 cm³/mol. The third kappa shape index (κ3) is 5.08. The van der Waals surface area contributed by atoms with E-state index in [0.717, 1.165) is 15.6 Å². The standard InChI is InChI=1S/C16H21BrO4/c1-10-9-15(11(2)8-13(10)17)21-14(16(18)20-5)7-6-12(3)19-4/h8-9,14H,3,6-7H2,1-2,4-5H3/t14-/m0/s1. The van der Waals surface area contributed by atoms with Gasteiger partial charge in [0.2, 0.25) is 0 Å². The molecule has 21 heavy (non-hydrogen) atoms. The van der Waals surface area contributed by atoms with Gasteiger partial charge in [-0.15, -0.1) is 0 Å². The van der Waals surface area contributed by atoms with Crippen LogP contribution in [-0.4, -0.2) is 26.3 Å². The molecule has 1 aromatic rings. The van der Waals surface area contributed by atoms with E-state index < -0.39 is 12.1 Å². The van der Waals surface area contributed by atoms with Crippen LogP contribution in [-0.2, 0) is 14.3 Å². The van der Waals surface area contributed by atoms with Crippen molar-refractivity contribution in [2.45, 2.75) is 32.8 Å². The minimum Gasteiger partial charge on any atom is -0.502 e. The molecule has 0 heterocycles. The van der Waals surface area contributed by atoms with Crippen molar-refractivity contribution in [3.63, 3.8) is 0 Å². The molecular formula is C16H21BrO4. The van der Waals surface area contributed by atoms with Crippen molar-refractivity contribution in [2.24, 2.45) is 0 Å². The SMILES string of the molecule is C=C(CC[C@H](Oc1cc(C)c(Br)cc1C)C(=O)OC)OC. The first kappa shape index (κ1) is 17.6. The van der Waals surface area contributed by atoms with Crippen LogP contribution in [0.4, 0.5) is 0 Å². The van der Waals surface area contributed by atoms with Crippen LogP contribution >= 0.6 is 15.9 Å². The van der Waals surface area contributed by atoms with Gasteiger partial charge in [0.25, 0.3) is 0 Å². The van der Waals surface area contributed by atoms with Crippen LogP contribution < -0.4 is 4.74 Å². The highest BCUT2D eigenvalue weighted by molar-refractivity contribution is 9.10. The van der Waals surface area contributed by atoms with Gasteiger partial charge in [-0.1, -0.05) is 22.5 Å². The van der Waals surface area contributed by atoms with Crippen molar-refractivity contribution in [1.82, 2.24) is 0 Å². The second kappa shape index (κ2) is 8.08. The smallest absolute Gasteiger partial charge is 0.347 e. The Morgan fingerprint density at radius 1 is 1.24 bits per heavy atom. The summed E-state index contributed by atoms with van der Waals surface area (Å²) in [6.45, 7) is 7.65. The van der Waals surface area contributed by atoms with Crippen molar-refractivity contribution in [3.05, 3.63) is 40.1 Å². The molecule has 0 saturated heterocycles. The first-order chi connectivity index (χ1) is 9.88. The highest BCUT2D eigenvalue weighted by Crippen LogP contribution is 2.28. The summed E-state index contributed by atoms with van der Waals surface area (Å²) in [6, 6.07) is 3.87. The van der Waals surface area contributed by atoms with E-state index >= 15 is 0 Å². The maximum atomic E-state index is 11.9. The van der Waals surface area contributed by atoms with Gasteiger partial charge in [-0.25, -0.2) is 4.79 Å². The lowest BCUT2D eigenvalue weighted by Gasteiger charge is -2.19. The molecule has 4 nitrogen and oxygen atoms in total. The fraction of sp³-hybridized carbons (Fsp3) is 0.438. The third-order valence-electron chi connectivity index (χ3n) is 3.16. The average molecular weight is 357 g/mol. The minimum atomic E-state index is -0.679. The minimum absolute atomic E-state index is 0.404. The van der Waals surface area contributed by atoms with Crippen molar-refractivity contribution in [2.75, 3.05) is 14.2 Å². The Kier molecular flexibility index (Phi) is 6.75. The lowest BCUT2D eigenvalue weighted by atomic mass is 10.1. The molecule has 0 unspecified atom stereocenters. The van der Waals surface area contributed by atoms with Crippen LogP contribution in [0.1, 0.15) is 24.0 Å². The number of hydrogen-bond acceptors (Lipinski definition) is 4. The van der Waals surface area contributed by atoms with Crippen LogP contribution in [0.15, 0.2) is 28.9 Å². The van der Waals surface area contributed by atoms with Gasteiger partial charge >= 0.3 is 5.97 Å². The Labute approximate surface area is 134 Å². The molecule has 5 heteroatoms. The van der Waals surface area contributed by atoms with Gasteiger partial charge in [0.05, 0.1) is 20.0 Å². The second-order valence-electron chi connectivity index (χ2n) is 4.78. The molecule has 0 aromatic heterocycles. The van der Waals surface area contributed by atoms with Crippen LogP contribution in [0.2, 0.25) is 0 Å². The zero-order valence-electron chi connectivity index (χ0n) is 12.9. The van der Waals surface area contributed by atoms with Gasteiger partial charge in [-0.2, -0.15) is 0 Å². The van der Waals surface area contributed by atoms with E-state index in [-0.39, 0.29) is 0 Å². The zero-order valence-corrected chi connectivity index (χ0v) is 14.5. The Morgan fingerprint density at radius 3 is 2.48 bits per heavy atom. The molecule has 0 spiro atoms. The van der Waals surface area contributed by atoms with Crippen LogP contribution in [0.3, 0.4) is 0 Å². The third-order valence-corrected chi connectivity index (χ3v) is 4.02. The molecule has 0 aliphatic heterocycles. The number of methoxy groups -OCH3 is 2. The number of ether oxygens (including phenoxy) is 3. The predicted octanol–water partition coefficient (Wildman–Crippen LogP) is 3.93. The maximum absolute atomic E-state index is 11.9.